The van der Waals surface area contributed by atoms with Gasteiger partial charge in [-0.2, -0.15) is 0 Å². The van der Waals surface area contributed by atoms with E-state index in [0.29, 0.717) is 5.15 Å². The lowest BCUT2D eigenvalue weighted by Gasteiger charge is -2.05. The number of benzene rings is 1. The summed E-state index contributed by atoms with van der Waals surface area (Å²) in [4.78, 5) is 3.89. The van der Waals surface area contributed by atoms with E-state index in [1.807, 2.05) is 0 Å². The molecule has 0 radical (unpaired) electrons. The first-order valence-corrected chi connectivity index (χ1v) is 4.66. The minimum atomic E-state index is -0.434. The van der Waals surface area contributed by atoms with E-state index in [9.17, 15) is 4.39 Å². The van der Waals surface area contributed by atoms with Crippen LogP contribution in [-0.2, 0) is 7.05 Å². The van der Waals surface area contributed by atoms with Gasteiger partial charge in [-0.25, -0.2) is 9.37 Å². The fourth-order valence-electron chi connectivity index (χ4n) is 1.09. The number of hydrogen-bond donors (Lipinski definition) is 0. The monoisotopic (exact) mass is 226 g/mol. The van der Waals surface area contributed by atoms with Crippen LogP contribution in [0.2, 0.25) is 5.15 Å². The first kappa shape index (κ1) is 9.98. The molecule has 1 aromatic heterocycles. The molecule has 0 atom stereocenters. The fraction of sp³-hybridized carbons (Fsp3) is 0.100. The molecule has 1 heterocycles. The Kier molecular flexibility index (Phi) is 2.60. The van der Waals surface area contributed by atoms with Crippen LogP contribution in [0.25, 0.3) is 0 Å². The summed E-state index contributed by atoms with van der Waals surface area (Å²) in [5, 5.41) is 0.432. The molecule has 5 heteroatoms. The highest BCUT2D eigenvalue weighted by atomic mass is 35.5. The van der Waals surface area contributed by atoms with Gasteiger partial charge in [-0.1, -0.05) is 23.7 Å². The molecule has 0 aliphatic rings. The molecule has 1 aromatic carbocycles. The zero-order chi connectivity index (χ0) is 10.8. The maximum absolute atomic E-state index is 13.2. The Morgan fingerprint density at radius 1 is 1.40 bits per heavy atom. The predicted octanol–water partition coefficient (Wildman–Crippen LogP) is 3.00. The molecule has 0 amide bonds. The standard InChI is InChI=1S/C10H8ClFN2O/c1-14-9(11)6-13-10(14)15-8-5-3-2-4-7(8)12/h2-6H,1H3. The quantitative estimate of drug-likeness (QED) is 0.787. The number of hydrogen-bond acceptors (Lipinski definition) is 2. The molecule has 2 rings (SSSR count). The minimum Gasteiger partial charge on any atom is -0.422 e. The van der Waals surface area contributed by atoms with Gasteiger partial charge in [-0.05, 0) is 12.1 Å². The summed E-state index contributed by atoms with van der Waals surface area (Å²) in [5.41, 5.74) is 0. The normalized spacial score (nSPS) is 10.3. The second kappa shape index (κ2) is 3.90. The topological polar surface area (TPSA) is 27.1 Å². The Morgan fingerprint density at radius 3 is 2.73 bits per heavy atom. The molecule has 0 bridgehead atoms. The van der Waals surface area contributed by atoms with Gasteiger partial charge in [0, 0.05) is 7.05 Å². The number of rotatable bonds is 2. The van der Waals surface area contributed by atoms with E-state index in [1.165, 1.54) is 22.9 Å². The Balaban J connectivity index is 2.30. The van der Waals surface area contributed by atoms with Gasteiger partial charge in [0.25, 0.3) is 0 Å². The van der Waals surface area contributed by atoms with Crippen LogP contribution in [0.15, 0.2) is 30.5 Å². The van der Waals surface area contributed by atoms with Crippen LogP contribution in [-0.4, -0.2) is 9.55 Å². The largest absolute Gasteiger partial charge is 0.422 e. The maximum atomic E-state index is 13.2. The first-order valence-electron chi connectivity index (χ1n) is 4.28. The zero-order valence-corrected chi connectivity index (χ0v) is 8.70. The summed E-state index contributed by atoms with van der Waals surface area (Å²) in [5.74, 6) is -0.306. The molecule has 0 aliphatic carbocycles. The van der Waals surface area contributed by atoms with Gasteiger partial charge >= 0.3 is 6.01 Å². The van der Waals surface area contributed by atoms with Crippen molar-refractivity contribution in [3.63, 3.8) is 0 Å². The van der Waals surface area contributed by atoms with Crippen molar-refractivity contribution < 1.29 is 9.13 Å². The van der Waals surface area contributed by atoms with E-state index >= 15 is 0 Å². The SMILES string of the molecule is Cn1c(Cl)cnc1Oc1ccccc1F. The number of imidazole rings is 1. The number of halogens is 2. The van der Waals surface area contributed by atoms with E-state index in [1.54, 1.807) is 19.2 Å². The van der Waals surface area contributed by atoms with E-state index < -0.39 is 5.82 Å². The molecule has 15 heavy (non-hydrogen) atoms. The second-order valence-electron chi connectivity index (χ2n) is 2.95. The van der Waals surface area contributed by atoms with Gasteiger partial charge in [0.05, 0.1) is 6.20 Å². The Labute approximate surface area is 91.1 Å². The summed E-state index contributed by atoms with van der Waals surface area (Å²) in [6.45, 7) is 0. The molecule has 0 fully saturated rings. The van der Waals surface area contributed by atoms with E-state index in [4.69, 9.17) is 16.3 Å². The molecule has 0 aliphatic heterocycles. The van der Waals surface area contributed by atoms with Crippen LogP contribution in [0.3, 0.4) is 0 Å². The number of para-hydroxylation sites is 1. The van der Waals surface area contributed by atoms with Crippen molar-refractivity contribution >= 4 is 11.6 Å². The average molecular weight is 227 g/mol. The van der Waals surface area contributed by atoms with Crippen LogP contribution in [0.4, 0.5) is 4.39 Å². The van der Waals surface area contributed by atoms with Gasteiger partial charge < -0.3 is 4.74 Å². The highest BCUT2D eigenvalue weighted by molar-refractivity contribution is 6.29. The van der Waals surface area contributed by atoms with Crippen LogP contribution in [0.5, 0.6) is 11.8 Å². The molecule has 2 aromatic rings. The van der Waals surface area contributed by atoms with Crippen LogP contribution in [0, 0.1) is 5.82 Å². The third kappa shape index (κ3) is 1.94. The van der Waals surface area contributed by atoms with Crippen molar-refractivity contribution in [2.45, 2.75) is 0 Å². The van der Waals surface area contributed by atoms with Crippen LogP contribution < -0.4 is 4.74 Å². The molecule has 0 spiro atoms. The Bertz CT molecular complexity index is 484. The molecule has 78 valence electrons. The lowest BCUT2D eigenvalue weighted by atomic mass is 10.3. The first-order chi connectivity index (χ1) is 7.18. The summed E-state index contributed by atoms with van der Waals surface area (Å²) < 4.78 is 20.0. The van der Waals surface area contributed by atoms with Gasteiger partial charge in [0.15, 0.2) is 11.6 Å². The third-order valence-corrected chi connectivity index (χ3v) is 2.28. The summed E-state index contributed by atoms with van der Waals surface area (Å²) in [6.07, 6.45) is 1.44. The minimum absolute atomic E-state index is 0.128. The van der Waals surface area contributed by atoms with E-state index in [-0.39, 0.29) is 11.8 Å². The predicted molar refractivity (Wildman–Crippen MR) is 54.7 cm³/mol. The highest BCUT2D eigenvalue weighted by Gasteiger charge is 2.09. The van der Waals surface area contributed by atoms with Crippen molar-refractivity contribution in [2.24, 2.45) is 7.05 Å². The summed E-state index contributed by atoms with van der Waals surface area (Å²) in [6, 6.07) is 6.37. The number of aromatic nitrogens is 2. The van der Waals surface area contributed by atoms with E-state index in [0.717, 1.165) is 0 Å². The van der Waals surface area contributed by atoms with Crippen LogP contribution in [0.1, 0.15) is 0 Å². The molecular weight excluding hydrogens is 219 g/mol. The smallest absolute Gasteiger partial charge is 0.302 e. The highest BCUT2D eigenvalue weighted by Crippen LogP contribution is 2.24. The van der Waals surface area contributed by atoms with Gasteiger partial charge in [-0.15, -0.1) is 0 Å². The van der Waals surface area contributed by atoms with Crippen molar-refractivity contribution in [3.8, 4) is 11.8 Å². The fourth-order valence-corrected chi connectivity index (χ4v) is 1.21. The van der Waals surface area contributed by atoms with Gasteiger partial charge in [0.2, 0.25) is 0 Å². The molecule has 0 unspecified atom stereocenters. The second-order valence-corrected chi connectivity index (χ2v) is 3.34. The molecule has 0 N–H and O–H groups in total. The van der Waals surface area contributed by atoms with Crippen LogP contribution >= 0.6 is 11.6 Å². The summed E-state index contributed by atoms with van der Waals surface area (Å²) in [7, 11) is 1.69. The van der Waals surface area contributed by atoms with Crippen molar-refractivity contribution in [1.82, 2.24) is 9.55 Å². The molecular formula is C10H8ClFN2O. The molecule has 0 saturated carbocycles. The Morgan fingerprint density at radius 2 is 2.13 bits per heavy atom. The van der Waals surface area contributed by atoms with Crippen molar-refractivity contribution in [1.29, 1.82) is 0 Å². The third-order valence-electron chi connectivity index (χ3n) is 1.93. The lowest BCUT2D eigenvalue weighted by Crippen LogP contribution is -1.95. The lowest BCUT2D eigenvalue weighted by molar-refractivity contribution is 0.398. The zero-order valence-electron chi connectivity index (χ0n) is 7.95. The van der Waals surface area contributed by atoms with Crippen molar-refractivity contribution in [2.75, 3.05) is 0 Å². The van der Waals surface area contributed by atoms with Gasteiger partial charge in [-0.3, -0.25) is 4.57 Å². The van der Waals surface area contributed by atoms with Crippen molar-refractivity contribution in [3.05, 3.63) is 41.4 Å². The van der Waals surface area contributed by atoms with Gasteiger partial charge in [0.1, 0.15) is 5.15 Å². The summed E-state index contributed by atoms with van der Waals surface area (Å²) >= 11 is 5.76. The Hall–Kier alpha value is -1.55. The number of ether oxygens (including phenoxy) is 1. The maximum Gasteiger partial charge on any atom is 0.302 e. The molecule has 3 nitrogen and oxygen atoms in total. The number of nitrogens with zero attached hydrogens (tertiary/aromatic N) is 2. The average Bonchev–Trinajstić information content (AvgIpc) is 2.53. The van der Waals surface area contributed by atoms with E-state index in [2.05, 4.69) is 4.98 Å². The molecule has 0 saturated heterocycles.